The lowest BCUT2D eigenvalue weighted by molar-refractivity contribution is 0.0514. The Hall–Kier alpha value is -6.92. The zero-order chi connectivity index (χ0) is 38.8. The van der Waals surface area contributed by atoms with Crippen molar-refractivity contribution < 1.29 is 32.9 Å². The molecule has 276 valence electrons. The molecule has 2 aromatic heterocycles. The van der Waals surface area contributed by atoms with Crippen molar-refractivity contribution in [3.63, 3.8) is 0 Å². The van der Waals surface area contributed by atoms with E-state index in [2.05, 4.69) is 12.6 Å². The number of fused-ring (bicyclic) bond motifs is 6. The molecule has 56 heavy (non-hydrogen) atoms. The molecule has 12 heteroatoms. The van der Waals surface area contributed by atoms with Gasteiger partial charge in [-0.1, -0.05) is 48.5 Å². The lowest BCUT2D eigenvalue weighted by Crippen LogP contribution is -2.22. The first-order valence-electron chi connectivity index (χ1n) is 17.7. The maximum Gasteiger partial charge on any atom is 0.343 e. The molecule has 4 heterocycles. The molecule has 0 saturated carbocycles. The summed E-state index contributed by atoms with van der Waals surface area (Å²) in [7, 11) is 0. The number of ether oxygens (including phenoxy) is 4. The first-order valence-corrected chi connectivity index (χ1v) is 18.2. The molecular formula is C44H29FN2O8S. The fourth-order valence-corrected chi connectivity index (χ4v) is 7.49. The molecular weight excluding hydrogens is 736 g/mol. The topological polar surface area (TPSA) is 115 Å². The molecule has 0 fully saturated rings. The molecule has 8 aromatic rings. The van der Waals surface area contributed by atoms with Crippen LogP contribution < -0.4 is 20.3 Å². The third-order valence-electron chi connectivity index (χ3n) is 9.68. The van der Waals surface area contributed by atoms with Crippen molar-refractivity contribution in [2.24, 2.45) is 0 Å². The Bertz CT molecular complexity index is 2930. The van der Waals surface area contributed by atoms with Gasteiger partial charge in [0, 0.05) is 23.4 Å². The van der Waals surface area contributed by atoms with Crippen LogP contribution in [0.5, 0.6) is 23.0 Å². The van der Waals surface area contributed by atoms with Gasteiger partial charge in [-0.25, -0.2) is 14.0 Å². The van der Waals surface area contributed by atoms with Gasteiger partial charge in [0.15, 0.2) is 23.0 Å². The highest BCUT2D eigenvalue weighted by Gasteiger charge is 2.27. The highest BCUT2D eigenvalue weighted by Crippen LogP contribution is 2.44. The van der Waals surface area contributed by atoms with E-state index in [0.717, 1.165) is 33.3 Å². The van der Waals surface area contributed by atoms with E-state index in [4.69, 9.17) is 18.9 Å². The van der Waals surface area contributed by atoms with Crippen LogP contribution in [0.1, 0.15) is 34.6 Å². The van der Waals surface area contributed by atoms with Gasteiger partial charge in [-0.3, -0.25) is 9.59 Å². The molecule has 0 atom stereocenters. The summed E-state index contributed by atoms with van der Waals surface area (Å²) < 4.78 is 39.9. The van der Waals surface area contributed by atoms with E-state index in [1.54, 1.807) is 36.7 Å². The van der Waals surface area contributed by atoms with Crippen LogP contribution in [0.3, 0.4) is 0 Å². The number of aromatic nitrogens is 2. The smallest absolute Gasteiger partial charge is 0.343 e. The number of carbonyl (C=O) groups excluding carboxylic acids is 2. The maximum atomic E-state index is 14.2. The Labute approximate surface area is 322 Å². The number of rotatable bonds is 4. The molecule has 0 spiro atoms. The molecule has 0 bridgehead atoms. The average molecular weight is 765 g/mol. The third kappa shape index (κ3) is 5.64. The molecule has 2 aliphatic rings. The van der Waals surface area contributed by atoms with Gasteiger partial charge in [0.1, 0.15) is 28.0 Å². The minimum Gasteiger partial charge on any atom is -0.462 e. The van der Waals surface area contributed by atoms with Crippen LogP contribution in [0.2, 0.25) is 0 Å². The van der Waals surface area contributed by atoms with Gasteiger partial charge < -0.3 is 28.1 Å². The van der Waals surface area contributed by atoms with Gasteiger partial charge in [-0.2, -0.15) is 0 Å². The van der Waals surface area contributed by atoms with Crippen LogP contribution in [0.4, 0.5) is 4.39 Å². The van der Waals surface area contributed by atoms with Crippen LogP contribution in [0.15, 0.2) is 124 Å². The number of hydrogen-bond donors (Lipinski definition) is 1. The second-order valence-corrected chi connectivity index (χ2v) is 13.6. The standard InChI is InChI=1S/C22H14FNO4.C22H15NO4S/c1-2-27-22(26)16-11-24-17-7-12-5-3-4-6-13(12)8-18(17)28-19-10-14(23)9-15(20(19)24)21(16)25;1-2-26-22(25)16-11-23-17-7-12-5-3-4-6-13(12)8-18(17)27-19-10-14(28)9-15(20(19)23)21(16)24/h3-11H,2H2,1H3;3-11,28H,2H2,1H3. The monoisotopic (exact) mass is 764 g/mol. The second-order valence-electron chi connectivity index (χ2n) is 13.1. The fraction of sp³-hybridized carbons (Fsp3) is 0.0909. The summed E-state index contributed by atoms with van der Waals surface area (Å²) in [5.74, 6) is -0.0863. The van der Waals surface area contributed by atoms with Gasteiger partial charge in [-0.05, 0) is 77.9 Å². The number of hydrogen-bond acceptors (Lipinski definition) is 9. The Morgan fingerprint density at radius 1 is 0.607 bits per heavy atom. The predicted molar refractivity (Wildman–Crippen MR) is 213 cm³/mol. The van der Waals surface area contributed by atoms with Gasteiger partial charge in [0.05, 0.1) is 35.4 Å². The number of nitrogens with zero attached hydrogens (tertiary/aromatic N) is 2. The number of pyridine rings is 2. The van der Waals surface area contributed by atoms with Crippen molar-refractivity contribution in [2.45, 2.75) is 18.7 Å². The van der Waals surface area contributed by atoms with Gasteiger partial charge in [0.25, 0.3) is 0 Å². The zero-order valence-corrected chi connectivity index (χ0v) is 30.7. The summed E-state index contributed by atoms with van der Waals surface area (Å²) in [5.41, 5.74) is 1.31. The van der Waals surface area contributed by atoms with Crippen LogP contribution in [0.25, 0.3) is 54.7 Å². The molecule has 0 saturated heterocycles. The Morgan fingerprint density at radius 3 is 1.50 bits per heavy atom. The summed E-state index contributed by atoms with van der Waals surface area (Å²) in [4.78, 5) is 51.1. The van der Waals surface area contributed by atoms with E-state index in [1.807, 2.05) is 77.4 Å². The minimum atomic E-state index is -0.738. The number of benzene rings is 6. The van der Waals surface area contributed by atoms with Crippen molar-refractivity contribution >= 4 is 67.9 Å². The fourth-order valence-electron chi connectivity index (χ4n) is 7.24. The Balaban J connectivity index is 0.000000146. The van der Waals surface area contributed by atoms with Crippen LogP contribution in [0, 0.1) is 5.82 Å². The van der Waals surface area contributed by atoms with E-state index in [-0.39, 0.29) is 35.5 Å². The maximum absolute atomic E-state index is 14.2. The zero-order valence-electron chi connectivity index (χ0n) is 29.8. The largest absolute Gasteiger partial charge is 0.462 e. The predicted octanol–water partition coefficient (Wildman–Crippen LogP) is 9.28. The van der Waals surface area contributed by atoms with Crippen molar-refractivity contribution in [1.29, 1.82) is 0 Å². The average Bonchev–Trinajstić information content (AvgIpc) is 3.18. The summed E-state index contributed by atoms with van der Waals surface area (Å²) in [6.07, 6.45) is 2.99. The Kier molecular flexibility index (Phi) is 8.35. The highest BCUT2D eigenvalue weighted by atomic mass is 32.1. The van der Waals surface area contributed by atoms with E-state index in [9.17, 15) is 23.6 Å². The Morgan fingerprint density at radius 2 is 1.04 bits per heavy atom. The molecule has 10 rings (SSSR count). The lowest BCUT2D eigenvalue weighted by atomic mass is 10.1. The molecule has 2 aliphatic heterocycles. The molecule has 0 aliphatic carbocycles. The second kappa shape index (κ2) is 13.4. The summed E-state index contributed by atoms with van der Waals surface area (Å²) in [6.45, 7) is 3.70. The lowest BCUT2D eigenvalue weighted by Gasteiger charge is -2.24. The van der Waals surface area contributed by atoms with Gasteiger partial charge in [-0.15, -0.1) is 12.6 Å². The quantitative estimate of drug-likeness (QED) is 0.139. The third-order valence-corrected chi connectivity index (χ3v) is 9.94. The van der Waals surface area contributed by atoms with E-state index < -0.39 is 28.6 Å². The summed E-state index contributed by atoms with van der Waals surface area (Å²) in [5, 5.41) is 4.44. The number of esters is 2. The summed E-state index contributed by atoms with van der Waals surface area (Å²) in [6, 6.07) is 29.2. The first kappa shape index (κ1) is 34.8. The number of thiol groups is 1. The van der Waals surface area contributed by atoms with Crippen molar-refractivity contribution in [1.82, 2.24) is 9.13 Å². The van der Waals surface area contributed by atoms with Gasteiger partial charge in [0.2, 0.25) is 10.9 Å². The van der Waals surface area contributed by atoms with Gasteiger partial charge >= 0.3 is 11.9 Å². The van der Waals surface area contributed by atoms with Crippen molar-refractivity contribution in [2.75, 3.05) is 13.2 Å². The van der Waals surface area contributed by atoms with Crippen LogP contribution in [-0.4, -0.2) is 34.3 Å². The molecule has 6 aromatic carbocycles. The first-order chi connectivity index (χ1) is 27.1. The highest BCUT2D eigenvalue weighted by molar-refractivity contribution is 7.80. The molecule has 10 nitrogen and oxygen atoms in total. The molecule has 0 radical (unpaired) electrons. The molecule has 0 amide bonds. The minimum absolute atomic E-state index is 0.0137. The van der Waals surface area contributed by atoms with Crippen molar-refractivity contribution in [3.8, 4) is 34.4 Å². The summed E-state index contributed by atoms with van der Waals surface area (Å²) >= 11 is 4.40. The van der Waals surface area contributed by atoms with Crippen LogP contribution >= 0.6 is 12.6 Å². The van der Waals surface area contributed by atoms with Crippen molar-refractivity contribution in [3.05, 3.63) is 147 Å². The number of halogens is 1. The SMILES string of the molecule is CCOC(=O)c1cn2c3c(cc(F)cc3c1=O)Oc1cc3ccccc3cc1-2.CCOC(=O)c1cn2c3c(cc(S)cc3c1=O)Oc1cc3ccccc3cc1-2. The number of carbonyl (C=O) groups is 2. The van der Waals surface area contributed by atoms with E-state index >= 15 is 0 Å². The van der Waals surface area contributed by atoms with Crippen LogP contribution in [-0.2, 0) is 9.47 Å². The van der Waals surface area contributed by atoms with E-state index in [0.29, 0.717) is 44.3 Å². The molecule has 0 N–H and O–H groups in total. The normalized spacial score (nSPS) is 11.9. The molecule has 0 unspecified atom stereocenters. The van der Waals surface area contributed by atoms with E-state index in [1.165, 1.54) is 12.3 Å².